The van der Waals surface area contributed by atoms with Crippen molar-refractivity contribution in [1.82, 2.24) is 14.9 Å². The van der Waals surface area contributed by atoms with Crippen LogP contribution in [-0.2, 0) is 16.1 Å². The lowest BCUT2D eigenvalue weighted by molar-refractivity contribution is -0.121. The molecule has 1 aromatic heterocycles. The Morgan fingerprint density at radius 2 is 1.94 bits per heavy atom. The van der Waals surface area contributed by atoms with Crippen LogP contribution < -0.4 is 15.6 Å². The molecule has 2 heterocycles. The van der Waals surface area contributed by atoms with Gasteiger partial charge < -0.3 is 14.8 Å². The van der Waals surface area contributed by atoms with Crippen LogP contribution in [0.15, 0.2) is 47.5 Å². The van der Waals surface area contributed by atoms with Crippen molar-refractivity contribution in [3.05, 3.63) is 63.1 Å². The molecule has 0 saturated carbocycles. The van der Waals surface area contributed by atoms with Crippen LogP contribution in [0.3, 0.4) is 0 Å². The minimum absolute atomic E-state index is 0. The van der Waals surface area contributed by atoms with Crippen molar-refractivity contribution in [1.29, 1.82) is 0 Å². The number of benzene rings is 2. The molecule has 0 spiro atoms. The second-order valence-corrected chi connectivity index (χ2v) is 8.60. The molecule has 2 atom stereocenters. The van der Waals surface area contributed by atoms with Crippen LogP contribution in [-0.4, -0.2) is 41.1 Å². The molecule has 1 aliphatic heterocycles. The Balaban J connectivity index is 0.00000204. The average molecular weight is 638 g/mol. The molecule has 0 amide bonds. The van der Waals surface area contributed by atoms with Crippen molar-refractivity contribution in [3.63, 3.8) is 0 Å². The summed E-state index contributed by atoms with van der Waals surface area (Å²) in [5.41, 5.74) is 0.0985. The normalized spacial score (nSPS) is 17.5. The van der Waals surface area contributed by atoms with Crippen LogP contribution in [0.5, 0.6) is 11.5 Å². The largest absolute Gasteiger partial charge is 0.456 e. The quantitative estimate of drug-likeness (QED) is 0.375. The van der Waals surface area contributed by atoms with E-state index in [9.17, 15) is 9.59 Å². The predicted octanol–water partition coefficient (Wildman–Crippen LogP) is 5.38. The maximum atomic E-state index is 13.1. The van der Waals surface area contributed by atoms with Gasteiger partial charge >= 0.3 is 0 Å². The Morgan fingerprint density at radius 3 is 2.65 bits per heavy atom. The number of aromatic nitrogens is 2. The maximum Gasteiger partial charge on any atom is 0.261 e. The highest BCUT2D eigenvalue weighted by Crippen LogP contribution is 2.32. The van der Waals surface area contributed by atoms with Crippen LogP contribution >= 0.6 is 57.2 Å². The maximum absolute atomic E-state index is 13.1. The molecule has 1 aliphatic rings. The van der Waals surface area contributed by atoms with Gasteiger partial charge in [0.05, 0.1) is 34.9 Å². The lowest BCUT2D eigenvalue weighted by Crippen LogP contribution is -2.47. The molecular weight excluding hydrogens is 613 g/mol. The fraction of sp³-hybridized carbons (Fsp3) is 0.348. The molecule has 1 fully saturated rings. The number of ketones is 1. The van der Waals surface area contributed by atoms with Gasteiger partial charge in [0.1, 0.15) is 11.5 Å². The van der Waals surface area contributed by atoms with Gasteiger partial charge in [0.15, 0.2) is 5.78 Å². The number of carbonyl (C=O) groups excluding carboxylic acids is 1. The Labute approximate surface area is 228 Å². The summed E-state index contributed by atoms with van der Waals surface area (Å²) in [7, 11) is 1.65. The molecule has 34 heavy (non-hydrogen) atoms. The number of hydrogen-bond acceptors (Lipinski definition) is 6. The highest BCUT2D eigenvalue weighted by molar-refractivity contribution is 8.93. The third kappa shape index (κ3) is 6.80. The highest BCUT2D eigenvalue weighted by atomic mass is 79.9. The number of nitrogens with zero attached hydrogens (tertiary/aromatic N) is 2. The minimum atomic E-state index is -0.333. The van der Waals surface area contributed by atoms with E-state index in [4.69, 9.17) is 32.7 Å². The number of fused-ring (bicyclic) bond motifs is 1. The minimum Gasteiger partial charge on any atom is -0.456 e. The van der Waals surface area contributed by atoms with Crippen molar-refractivity contribution in [3.8, 4) is 11.5 Å². The first-order chi connectivity index (χ1) is 15.4. The molecule has 1 saturated heterocycles. The molecule has 0 radical (unpaired) electrons. The van der Waals surface area contributed by atoms with Crippen molar-refractivity contribution in [2.24, 2.45) is 0 Å². The molecule has 11 heteroatoms. The van der Waals surface area contributed by atoms with Gasteiger partial charge in [0.2, 0.25) is 0 Å². The molecule has 4 rings (SSSR count). The second kappa shape index (κ2) is 13.0. The van der Waals surface area contributed by atoms with Gasteiger partial charge in [-0.25, -0.2) is 4.98 Å². The Kier molecular flexibility index (Phi) is 11.0. The summed E-state index contributed by atoms with van der Waals surface area (Å²) in [6.07, 6.45) is 3.58. The predicted molar refractivity (Wildman–Crippen MR) is 145 cm³/mol. The summed E-state index contributed by atoms with van der Waals surface area (Å²) in [5.74, 6) is 0.780. The van der Waals surface area contributed by atoms with Crippen molar-refractivity contribution < 1.29 is 14.3 Å². The topological polar surface area (TPSA) is 82.4 Å². The zero-order valence-electron chi connectivity index (χ0n) is 18.3. The molecule has 0 aliphatic carbocycles. The second-order valence-electron chi connectivity index (χ2n) is 7.75. The van der Waals surface area contributed by atoms with Crippen molar-refractivity contribution in [2.45, 2.75) is 38.0 Å². The van der Waals surface area contributed by atoms with Crippen molar-refractivity contribution in [2.75, 3.05) is 13.7 Å². The van der Waals surface area contributed by atoms with Gasteiger partial charge in [-0.15, -0.1) is 34.0 Å². The zero-order chi connectivity index (χ0) is 22.7. The summed E-state index contributed by atoms with van der Waals surface area (Å²) in [4.78, 5) is 30.0. The van der Waals surface area contributed by atoms with Crippen LogP contribution in [0.25, 0.3) is 10.9 Å². The highest BCUT2D eigenvalue weighted by Gasteiger charge is 2.26. The van der Waals surface area contributed by atoms with Crippen LogP contribution in [0.4, 0.5) is 0 Å². The molecule has 3 aromatic rings. The number of carbonyl (C=O) groups is 1. The van der Waals surface area contributed by atoms with E-state index in [2.05, 4.69) is 10.3 Å². The molecule has 0 bridgehead atoms. The third-order valence-electron chi connectivity index (χ3n) is 5.54. The van der Waals surface area contributed by atoms with E-state index in [1.165, 1.54) is 10.9 Å². The third-order valence-corrected chi connectivity index (χ3v) is 6.08. The zero-order valence-corrected chi connectivity index (χ0v) is 23.3. The number of rotatable bonds is 7. The van der Waals surface area contributed by atoms with E-state index in [0.717, 1.165) is 19.4 Å². The van der Waals surface area contributed by atoms with Crippen molar-refractivity contribution >= 4 is 73.9 Å². The van der Waals surface area contributed by atoms with E-state index < -0.39 is 0 Å². The van der Waals surface area contributed by atoms with Gasteiger partial charge in [0, 0.05) is 24.6 Å². The first kappa shape index (κ1) is 28.7. The van der Waals surface area contributed by atoms with Gasteiger partial charge in [-0.2, -0.15) is 0 Å². The Morgan fingerprint density at radius 1 is 1.21 bits per heavy atom. The number of Topliss-reactive ketones (excluding diaryl/α,β-unsaturated/α-hetero) is 1. The summed E-state index contributed by atoms with van der Waals surface area (Å²) >= 11 is 12.2. The molecule has 1 N–H and O–H groups in total. The number of hydrogen-bond donors (Lipinski definition) is 1. The van der Waals surface area contributed by atoms with Crippen LogP contribution in [0, 0.1) is 0 Å². The van der Waals surface area contributed by atoms with Crippen LogP contribution in [0.1, 0.15) is 19.3 Å². The SMILES string of the molecule is Br.Br.COC1CCCNC1CC(=O)Cn1cnc2cc(Cl)c(Oc3ccc(Cl)cc3)cc2c1=O. The standard InChI is InChI=1S/C23H23Cl2N3O4.2BrH/c1-31-21-3-2-8-26-20(21)9-15(29)12-28-13-27-19-11-18(25)22(10-17(19)23(28)30)32-16-6-4-14(24)5-7-16;;/h4-7,10-11,13,20-21,26H,2-3,8-9,12H2,1H3;2*1H. The molecule has 2 aromatic carbocycles. The van der Waals surface area contributed by atoms with Gasteiger partial charge in [-0.1, -0.05) is 23.2 Å². The molecule has 184 valence electrons. The number of methoxy groups -OCH3 is 1. The van der Waals surface area contributed by atoms with Gasteiger partial charge in [-0.3, -0.25) is 14.2 Å². The van der Waals surface area contributed by atoms with E-state index in [1.807, 2.05) is 0 Å². The lowest BCUT2D eigenvalue weighted by Gasteiger charge is -2.31. The first-order valence-corrected chi connectivity index (χ1v) is 11.1. The molecule has 7 nitrogen and oxygen atoms in total. The number of nitrogens with one attached hydrogen (secondary N) is 1. The van der Waals surface area contributed by atoms with E-state index in [1.54, 1.807) is 43.5 Å². The van der Waals surface area contributed by atoms with Gasteiger partial charge in [0.25, 0.3) is 5.56 Å². The first-order valence-electron chi connectivity index (χ1n) is 10.3. The molecular formula is C23H25Br2Cl2N3O4. The van der Waals surface area contributed by atoms with E-state index in [0.29, 0.717) is 32.4 Å². The fourth-order valence-electron chi connectivity index (χ4n) is 3.89. The smallest absolute Gasteiger partial charge is 0.261 e. The Hall–Kier alpha value is -1.49. The van der Waals surface area contributed by atoms with E-state index >= 15 is 0 Å². The summed E-state index contributed by atoms with van der Waals surface area (Å²) < 4.78 is 12.6. The Bertz CT molecular complexity index is 1190. The molecule has 2 unspecified atom stereocenters. The number of piperidine rings is 1. The summed E-state index contributed by atoms with van der Waals surface area (Å²) in [5, 5.41) is 4.56. The summed E-state index contributed by atoms with van der Waals surface area (Å²) in [6.45, 7) is 0.791. The van der Waals surface area contributed by atoms with Crippen LogP contribution in [0.2, 0.25) is 10.0 Å². The number of ether oxygens (including phenoxy) is 2. The fourth-order valence-corrected chi connectivity index (χ4v) is 4.21. The number of halogens is 4. The lowest BCUT2D eigenvalue weighted by atomic mass is 9.96. The van der Waals surface area contributed by atoms with Gasteiger partial charge in [-0.05, 0) is 55.8 Å². The van der Waals surface area contributed by atoms with E-state index in [-0.39, 0.29) is 70.4 Å². The summed E-state index contributed by atoms with van der Waals surface area (Å²) in [6, 6.07) is 9.87. The average Bonchev–Trinajstić information content (AvgIpc) is 2.78. The monoisotopic (exact) mass is 635 g/mol.